The van der Waals surface area contributed by atoms with Gasteiger partial charge in [0.25, 0.3) is 0 Å². The Labute approximate surface area is 78.1 Å². The lowest BCUT2D eigenvalue weighted by Crippen LogP contribution is -2.28. The number of imidazole rings is 1. The molecule has 1 heterocycles. The summed E-state index contributed by atoms with van der Waals surface area (Å²) in [6, 6.07) is 0.618. The molecule has 0 aromatic carbocycles. The molecule has 0 amide bonds. The molecule has 0 unspecified atom stereocenters. The van der Waals surface area contributed by atoms with Crippen LogP contribution in [0.5, 0.6) is 0 Å². The maximum Gasteiger partial charge on any atom is 0.204 e. The molecule has 1 aliphatic carbocycles. The highest BCUT2D eigenvalue weighted by Crippen LogP contribution is 2.23. The fraction of sp³-hybridized carbons (Fsp3) is 0.667. The van der Waals surface area contributed by atoms with Gasteiger partial charge in [-0.25, -0.2) is 4.98 Å². The first kappa shape index (κ1) is 8.41. The van der Waals surface area contributed by atoms with E-state index >= 15 is 0 Å². The van der Waals surface area contributed by atoms with Gasteiger partial charge in [0.2, 0.25) is 5.95 Å². The van der Waals surface area contributed by atoms with Gasteiger partial charge < -0.3 is 11.1 Å². The van der Waals surface area contributed by atoms with Crippen molar-refractivity contribution in [3.05, 3.63) is 6.20 Å². The lowest BCUT2D eigenvalue weighted by atomic mass is 9.93. The molecule has 0 spiro atoms. The molecule has 13 heavy (non-hydrogen) atoms. The van der Waals surface area contributed by atoms with E-state index in [1.165, 1.54) is 19.3 Å². The van der Waals surface area contributed by atoms with E-state index in [-0.39, 0.29) is 0 Å². The van der Waals surface area contributed by atoms with Gasteiger partial charge in [0.05, 0.1) is 6.20 Å². The van der Waals surface area contributed by atoms with Crippen LogP contribution in [0.15, 0.2) is 6.20 Å². The van der Waals surface area contributed by atoms with Crippen LogP contribution in [0.4, 0.5) is 11.8 Å². The zero-order chi connectivity index (χ0) is 9.26. The number of anilines is 2. The first-order valence-corrected chi connectivity index (χ1v) is 4.88. The molecule has 1 aliphatic rings. The van der Waals surface area contributed by atoms with Crippen molar-refractivity contribution in [1.29, 1.82) is 0 Å². The molecule has 1 aromatic rings. The number of nitrogen functional groups attached to an aromatic ring is 1. The summed E-state index contributed by atoms with van der Waals surface area (Å²) in [6.07, 6.45) is 5.57. The predicted octanol–water partition coefficient (Wildman–Crippen LogP) is 1.45. The van der Waals surface area contributed by atoms with E-state index < -0.39 is 0 Å². The monoisotopic (exact) mass is 180 g/mol. The summed E-state index contributed by atoms with van der Waals surface area (Å²) < 4.78 is 2.00. The topological polar surface area (TPSA) is 55.9 Å². The predicted molar refractivity (Wildman–Crippen MR) is 53.6 cm³/mol. The van der Waals surface area contributed by atoms with Gasteiger partial charge in [-0.2, -0.15) is 0 Å². The largest absolute Gasteiger partial charge is 0.384 e. The van der Waals surface area contributed by atoms with Crippen LogP contribution in [-0.4, -0.2) is 15.6 Å². The minimum atomic E-state index is 0.618. The minimum absolute atomic E-state index is 0.618. The molecular weight excluding hydrogens is 164 g/mol. The molecule has 3 N–H and O–H groups in total. The van der Waals surface area contributed by atoms with Gasteiger partial charge in [-0.3, -0.25) is 4.57 Å². The Morgan fingerprint density at radius 1 is 1.69 bits per heavy atom. The average Bonchev–Trinajstić information content (AvgIpc) is 2.39. The lowest BCUT2D eigenvalue weighted by molar-refractivity contribution is 0.441. The second kappa shape index (κ2) is 3.28. The number of hydrogen-bond donors (Lipinski definition) is 2. The number of aromatic nitrogens is 2. The minimum Gasteiger partial charge on any atom is -0.384 e. The van der Waals surface area contributed by atoms with Crippen LogP contribution in [0, 0.1) is 0 Å². The number of hydrogen-bond acceptors (Lipinski definition) is 3. The first-order valence-electron chi connectivity index (χ1n) is 4.88. The van der Waals surface area contributed by atoms with E-state index in [1.54, 1.807) is 6.20 Å². The van der Waals surface area contributed by atoms with Gasteiger partial charge in [0.1, 0.15) is 5.82 Å². The average molecular weight is 180 g/mol. The van der Waals surface area contributed by atoms with Gasteiger partial charge >= 0.3 is 0 Å². The molecule has 4 nitrogen and oxygen atoms in total. The summed E-state index contributed by atoms with van der Waals surface area (Å²) in [6.45, 7) is 2.95. The van der Waals surface area contributed by atoms with Gasteiger partial charge in [-0.15, -0.1) is 0 Å². The number of nitrogens with two attached hydrogens (primary N) is 1. The van der Waals surface area contributed by atoms with Crippen molar-refractivity contribution in [1.82, 2.24) is 9.55 Å². The Morgan fingerprint density at radius 2 is 2.46 bits per heavy atom. The molecule has 2 rings (SSSR count). The molecule has 0 saturated heterocycles. The Morgan fingerprint density at radius 3 is 3.00 bits per heavy atom. The smallest absolute Gasteiger partial charge is 0.204 e. The third-order valence-corrected chi connectivity index (χ3v) is 2.64. The molecule has 1 fully saturated rings. The zero-order valence-electron chi connectivity index (χ0n) is 7.95. The van der Waals surface area contributed by atoms with Crippen molar-refractivity contribution in [2.45, 2.75) is 38.8 Å². The second-order valence-corrected chi connectivity index (χ2v) is 3.52. The lowest BCUT2D eigenvalue weighted by Gasteiger charge is -2.27. The van der Waals surface area contributed by atoms with Crippen LogP contribution < -0.4 is 11.1 Å². The quantitative estimate of drug-likeness (QED) is 0.740. The fourth-order valence-electron chi connectivity index (χ4n) is 1.57. The van der Waals surface area contributed by atoms with Crippen molar-refractivity contribution in [3.63, 3.8) is 0 Å². The molecule has 0 radical (unpaired) electrons. The molecule has 0 atom stereocenters. The van der Waals surface area contributed by atoms with Gasteiger partial charge in [0, 0.05) is 12.6 Å². The molecule has 1 aromatic heterocycles. The van der Waals surface area contributed by atoms with E-state index in [1.807, 2.05) is 4.57 Å². The fourth-order valence-corrected chi connectivity index (χ4v) is 1.57. The van der Waals surface area contributed by atoms with Gasteiger partial charge in [-0.1, -0.05) is 0 Å². The van der Waals surface area contributed by atoms with Crippen molar-refractivity contribution in [2.75, 3.05) is 11.1 Å². The van der Waals surface area contributed by atoms with Gasteiger partial charge in [-0.05, 0) is 26.2 Å². The molecule has 0 bridgehead atoms. The summed E-state index contributed by atoms with van der Waals surface area (Å²) in [7, 11) is 0. The van der Waals surface area contributed by atoms with Crippen molar-refractivity contribution in [2.24, 2.45) is 0 Å². The van der Waals surface area contributed by atoms with Crippen LogP contribution in [0.3, 0.4) is 0 Å². The van der Waals surface area contributed by atoms with E-state index in [0.717, 1.165) is 18.3 Å². The normalized spacial score (nSPS) is 17.0. The third kappa shape index (κ3) is 1.48. The maximum atomic E-state index is 5.75. The highest BCUT2D eigenvalue weighted by atomic mass is 15.2. The molecule has 72 valence electrons. The maximum absolute atomic E-state index is 5.75. The van der Waals surface area contributed by atoms with Crippen LogP contribution >= 0.6 is 0 Å². The van der Waals surface area contributed by atoms with Crippen LogP contribution in [-0.2, 0) is 6.54 Å². The van der Waals surface area contributed by atoms with E-state index in [0.29, 0.717) is 6.04 Å². The summed E-state index contributed by atoms with van der Waals surface area (Å²) in [5, 5.41) is 3.39. The highest BCUT2D eigenvalue weighted by Gasteiger charge is 2.19. The molecule has 4 heteroatoms. The van der Waals surface area contributed by atoms with Crippen LogP contribution in [0.25, 0.3) is 0 Å². The van der Waals surface area contributed by atoms with Gasteiger partial charge in [0.15, 0.2) is 0 Å². The molecule has 1 saturated carbocycles. The SMILES string of the molecule is CCn1c(N)cnc1NC1CCC1. The number of rotatable bonds is 3. The van der Waals surface area contributed by atoms with Crippen molar-refractivity contribution >= 4 is 11.8 Å². The summed E-state index contributed by atoms with van der Waals surface area (Å²) in [5.41, 5.74) is 5.75. The Balaban J connectivity index is 2.09. The standard InChI is InChI=1S/C9H16N4/c1-2-13-8(10)6-11-9(13)12-7-4-3-5-7/h6-7H,2-5,10H2,1H3,(H,11,12). The van der Waals surface area contributed by atoms with Crippen molar-refractivity contribution in [3.8, 4) is 0 Å². The number of nitrogens with one attached hydrogen (secondary N) is 1. The summed E-state index contributed by atoms with van der Waals surface area (Å²) in [4.78, 5) is 4.24. The molecular formula is C9H16N4. The Kier molecular flexibility index (Phi) is 2.12. The number of nitrogens with zero attached hydrogens (tertiary/aromatic N) is 2. The summed E-state index contributed by atoms with van der Waals surface area (Å²) in [5.74, 6) is 1.66. The van der Waals surface area contributed by atoms with E-state index in [4.69, 9.17) is 5.73 Å². The second-order valence-electron chi connectivity index (χ2n) is 3.52. The van der Waals surface area contributed by atoms with Crippen LogP contribution in [0.2, 0.25) is 0 Å². The third-order valence-electron chi connectivity index (χ3n) is 2.64. The Bertz CT molecular complexity index is 288. The first-order chi connectivity index (χ1) is 6.31. The summed E-state index contributed by atoms with van der Waals surface area (Å²) >= 11 is 0. The Hall–Kier alpha value is -1.19. The molecule has 0 aliphatic heterocycles. The van der Waals surface area contributed by atoms with E-state index in [2.05, 4.69) is 17.2 Å². The van der Waals surface area contributed by atoms with Crippen LogP contribution in [0.1, 0.15) is 26.2 Å². The van der Waals surface area contributed by atoms with Crippen molar-refractivity contribution < 1.29 is 0 Å². The highest BCUT2D eigenvalue weighted by molar-refractivity contribution is 5.40. The zero-order valence-corrected chi connectivity index (χ0v) is 7.95. The van der Waals surface area contributed by atoms with E-state index in [9.17, 15) is 0 Å².